The zero-order chi connectivity index (χ0) is 9.52. The Morgan fingerprint density at radius 1 is 1.38 bits per heavy atom. The van der Waals surface area contributed by atoms with Gasteiger partial charge in [-0.2, -0.15) is 0 Å². The van der Waals surface area contributed by atoms with Crippen molar-refractivity contribution < 1.29 is 0 Å². The highest BCUT2D eigenvalue weighted by Gasteiger charge is 1.84. The number of rotatable bonds is 4. The van der Waals surface area contributed by atoms with Gasteiger partial charge < -0.3 is 5.32 Å². The van der Waals surface area contributed by atoms with Crippen LogP contribution in [-0.4, -0.2) is 6.54 Å². The average molecular weight is 173 g/mol. The topological polar surface area (TPSA) is 12.0 Å². The predicted molar refractivity (Wildman–Crippen MR) is 58.9 cm³/mol. The van der Waals surface area contributed by atoms with Crippen LogP contribution in [0.4, 0.5) is 5.69 Å². The summed E-state index contributed by atoms with van der Waals surface area (Å²) in [7, 11) is 0. The fourth-order valence-electron chi connectivity index (χ4n) is 0.993. The predicted octanol–water partition coefficient (Wildman–Crippen LogP) is 3.23. The Morgan fingerprint density at radius 2 is 2.08 bits per heavy atom. The van der Waals surface area contributed by atoms with Crippen molar-refractivity contribution in [1.29, 1.82) is 0 Å². The minimum atomic E-state index is 0.844. The van der Waals surface area contributed by atoms with Gasteiger partial charge in [0.15, 0.2) is 0 Å². The lowest BCUT2D eigenvalue weighted by molar-refractivity contribution is 1.32. The molecule has 1 aromatic rings. The van der Waals surface area contributed by atoms with Crippen LogP contribution in [-0.2, 0) is 0 Å². The number of nitrogens with one attached hydrogen (secondary N) is 1. The van der Waals surface area contributed by atoms with Gasteiger partial charge in [0.05, 0.1) is 0 Å². The van der Waals surface area contributed by atoms with Crippen LogP contribution in [0.2, 0.25) is 0 Å². The molecule has 0 fully saturated rings. The van der Waals surface area contributed by atoms with Gasteiger partial charge in [-0.15, -0.1) is 0 Å². The van der Waals surface area contributed by atoms with Crippen molar-refractivity contribution in [3.63, 3.8) is 0 Å². The first-order valence-corrected chi connectivity index (χ1v) is 4.40. The fourth-order valence-corrected chi connectivity index (χ4v) is 0.993. The van der Waals surface area contributed by atoms with Crippen LogP contribution >= 0.6 is 0 Å². The Hall–Kier alpha value is -1.50. The number of para-hydroxylation sites is 1. The lowest BCUT2D eigenvalue weighted by Gasteiger charge is -2.01. The minimum absolute atomic E-state index is 0.844. The van der Waals surface area contributed by atoms with Gasteiger partial charge >= 0.3 is 0 Å². The maximum Gasteiger partial charge on any atom is 0.0342 e. The quantitative estimate of drug-likeness (QED) is 0.689. The fraction of sp³-hybridized carbons (Fsp3) is 0.167. The van der Waals surface area contributed by atoms with Crippen molar-refractivity contribution in [2.24, 2.45) is 0 Å². The second kappa shape index (κ2) is 5.20. The molecule has 0 aliphatic carbocycles. The molecule has 1 heteroatoms. The molecular formula is C12H15N. The Labute approximate surface area is 79.8 Å². The zero-order valence-electron chi connectivity index (χ0n) is 7.96. The largest absolute Gasteiger partial charge is 0.382 e. The van der Waals surface area contributed by atoms with Crippen molar-refractivity contribution >= 4 is 5.69 Å². The highest BCUT2D eigenvalue weighted by Crippen LogP contribution is 2.03. The molecule has 0 aliphatic heterocycles. The van der Waals surface area contributed by atoms with Crippen molar-refractivity contribution in [2.45, 2.75) is 6.92 Å². The van der Waals surface area contributed by atoms with E-state index in [0.717, 1.165) is 17.8 Å². The summed E-state index contributed by atoms with van der Waals surface area (Å²) in [6.45, 7) is 6.61. The van der Waals surface area contributed by atoms with Gasteiger partial charge in [-0.05, 0) is 19.1 Å². The highest BCUT2D eigenvalue weighted by atomic mass is 14.8. The smallest absolute Gasteiger partial charge is 0.0342 e. The van der Waals surface area contributed by atoms with Crippen LogP contribution in [0.15, 0.2) is 54.6 Å². The van der Waals surface area contributed by atoms with Crippen LogP contribution in [0.5, 0.6) is 0 Å². The SMILES string of the molecule is C=C(C)/C=C\CNc1ccccc1. The highest BCUT2D eigenvalue weighted by molar-refractivity contribution is 5.43. The van der Waals surface area contributed by atoms with E-state index in [4.69, 9.17) is 0 Å². The van der Waals surface area contributed by atoms with E-state index < -0.39 is 0 Å². The van der Waals surface area contributed by atoms with E-state index in [1.165, 1.54) is 0 Å². The van der Waals surface area contributed by atoms with E-state index in [0.29, 0.717) is 0 Å². The molecule has 0 atom stereocenters. The van der Waals surface area contributed by atoms with Crippen LogP contribution in [0, 0.1) is 0 Å². The molecule has 0 radical (unpaired) electrons. The Morgan fingerprint density at radius 3 is 2.69 bits per heavy atom. The normalized spacial score (nSPS) is 10.2. The minimum Gasteiger partial charge on any atom is -0.382 e. The van der Waals surface area contributed by atoms with Gasteiger partial charge in [-0.1, -0.05) is 42.5 Å². The van der Waals surface area contributed by atoms with Crippen molar-refractivity contribution in [3.05, 3.63) is 54.6 Å². The Kier molecular flexibility index (Phi) is 3.83. The first-order chi connectivity index (χ1) is 6.29. The molecule has 0 heterocycles. The maximum absolute atomic E-state index is 3.79. The van der Waals surface area contributed by atoms with Crippen LogP contribution in [0.3, 0.4) is 0 Å². The standard InChI is InChI=1S/C12H15N/c1-11(2)7-6-10-13-12-8-4-3-5-9-12/h3-9,13H,1,10H2,2H3/b7-6-. The molecule has 13 heavy (non-hydrogen) atoms. The first-order valence-electron chi connectivity index (χ1n) is 4.40. The van der Waals surface area contributed by atoms with E-state index in [1.807, 2.05) is 31.2 Å². The first kappa shape index (κ1) is 9.59. The second-order valence-electron chi connectivity index (χ2n) is 3.00. The lowest BCUT2D eigenvalue weighted by atomic mass is 10.3. The molecule has 0 saturated heterocycles. The van der Waals surface area contributed by atoms with E-state index >= 15 is 0 Å². The molecule has 68 valence electrons. The van der Waals surface area contributed by atoms with Crippen LogP contribution < -0.4 is 5.32 Å². The third-order valence-corrected chi connectivity index (χ3v) is 1.60. The average Bonchev–Trinajstić information content (AvgIpc) is 2.14. The molecule has 0 aromatic heterocycles. The molecule has 0 saturated carbocycles. The number of hydrogen-bond acceptors (Lipinski definition) is 1. The number of anilines is 1. The molecule has 1 aromatic carbocycles. The van der Waals surface area contributed by atoms with E-state index in [2.05, 4.69) is 30.1 Å². The number of hydrogen-bond donors (Lipinski definition) is 1. The van der Waals surface area contributed by atoms with E-state index in [-0.39, 0.29) is 0 Å². The van der Waals surface area contributed by atoms with Crippen molar-refractivity contribution in [3.8, 4) is 0 Å². The summed E-state index contributed by atoms with van der Waals surface area (Å²) < 4.78 is 0. The monoisotopic (exact) mass is 173 g/mol. The van der Waals surface area contributed by atoms with Crippen LogP contribution in [0.1, 0.15) is 6.92 Å². The number of allylic oxidation sites excluding steroid dienone is 2. The van der Waals surface area contributed by atoms with Crippen molar-refractivity contribution in [2.75, 3.05) is 11.9 Å². The zero-order valence-corrected chi connectivity index (χ0v) is 7.96. The van der Waals surface area contributed by atoms with Gasteiger partial charge in [-0.25, -0.2) is 0 Å². The second-order valence-corrected chi connectivity index (χ2v) is 3.00. The molecule has 0 amide bonds. The molecule has 0 unspecified atom stereocenters. The molecule has 1 rings (SSSR count). The van der Waals surface area contributed by atoms with Gasteiger partial charge in [-0.3, -0.25) is 0 Å². The molecule has 1 nitrogen and oxygen atoms in total. The van der Waals surface area contributed by atoms with Gasteiger partial charge in [0.2, 0.25) is 0 Å². The van der Waals surface area contributed by atoms with Gasteiger partial charge in [0.25, 0.3) is 0 Å². The summed E-state index contributed by atoms with van der Waals surface area (Å²) in [6, 6.07) is 10.1. The van der Waals surface area contributed by atoms with E-state index in [1.54, 1.807) is 0 Å². The van der Waals surface area contributed by atoms with Crippen molar-refractivity contribution in [1.82, 2.24) is 0 Å². The Balaban J connectivity index is 2.32. The molecule has 0 aliphatic rings. The van der Waals surface area contributed by atoms with Crippen LogP contribution in [0.25, 0.3) is 0 Å². The molecule has 0 spiro atoms. The summed E-state index contributed by atoms with van der Waals surface area (Å²) in [6.07, 6.45) is 4.07. The van der Waals surface area contributed by atoms with Gasteiger partial charge in [0, 0.05) is 12.2 Å². The maximum atomic E-state index is 3.79. The summed E-state index contributed by atoms with van der Waals surface area (Å²) in [5.41, 5.74) is 2.23. The lowest BCUT2D eigenvalue weighted by Crippen LogP contribution is -1.97. The molecular weight excluding hydrogens is 158 g/mol. The summed E-state index contributed by atoms with van der Waals surface area (Å²) >= 11 is 0. The van der Waals surface area contributed by atoms with E-state index in [9.17, 15) is 0 Å². The summed E-state index contributed by atoms with van der Waals surface area (Å²) in [5, 5.41) is 3.27. The molecule has 1 N–H and O–H groups in total. The summed E-state index contributed by atoms with van der Waals surface area (Å²) in [5.74, 6) is 0. The number of benzene rings is 1. The third kappa shape index (κ3) is 4.16. The van der Waals surface area contributed by atoms with Gasteiger partial charge in [0.1, 0.15) is 0 Å². The third-order valence-electron chi connectivity index (χ3n) is 1.60. The Bertz CT molecular complexity index is 285. The molecule has 0 bridgehead atoms. The summed E-state index contributed by atoms with van der Waals surface area (Å²) in [4.78, 5) is 0.